The van der Waals surface area contributed by atoms with Crippen LogP contribution < -0.4 is 5.73 Å². The Morgan fingerprint density at radius 3 is 2.86 bits per heavy atom. The maximum atomic E-state index is 6.07. The number of para-hydroxylation sites is 1. The van der Waals surface area contributed by atoms with Gasteiger partial charge in [-0.1, -0.05) is 25.1 Å². The van der Waals surface area contributed by atoms with Gasteiger partial charge in [-0.25, -0.2) is 4.68 Å². The molecule has 0 spiro atoms. The van der Waals surface area contributed by atoms with Gasteiger partial charge in [-0.2, -0.15) is 5.10 Å². The third-order valence-electron chi connectivity index (χ3n) is 4.53. The molecule has 4 nitrogen and oxygen atoms in total. The molecule has 1 aliphatic heterocycles. The van der Waals surface area contributed by atoms with E-state index in [1.807, 2.05) is 29.1 Å². The zero-order chi connectivity index (χ0) is 14.7. The maximum Gasteiger partial charge on any atom is 0.0645 e. The molecule has 1 aliphatic rings. The van der Waals surface area contributed by atoms with Crippen molar-refractivity contribution in [1.82, 2.24) is 14.7 Å². The summed E-state index contributed by atoms with van der Waals surface area (Å²) in [4.78, 5) is 2.56. The Bertz CT molecular complexity index is 563. The Kier molecular flexibility index (Phi) is 4.36. The highest BCUT2D eigenvalue weighted by molar-refractivity contribution is 5.31. The van der Waals surface area contributed by atoms with E-state index in [4.69, 9.17) is 5.73 Å². The SMILES string of the molecule is CCC1CCCN1C(CN)c1cnn(-c2ccccc2)c1. The van der Waals surface area contributed by atoms with Crippen LogP contribution >= 0.6 is 0 Å². The summed E-state index contributed by atoms with van der Waals surface area (Å²) < 4.78 is 1.94. The van der Waals surface area contributed by atoms with Crippen molar-refractivity contribution >= 4 is 0 Å². The van der Waals surface area contributed by atoms with Crippen molar-refractivity contribution < 1.29 is 0 Å². The average Bonchev–Trinajstić information content (AvgIpc) is 3.19. The summed E-state index contributed by atoms with van der Waals surface area (Å²) in [5, 5.41) is 4.51. The van der Waals surface area contributed by atoms with E-state index in [0.717, 1.165) is 12.2 Å². The Hall–Kier alpha value is -1.65. The largest absolute Gasteiger partial charge is 0.329 e. The molecule has 2 heterocycles. The first kappa shape index (κ1) is 14.3. The van der Waals surface area contributed by atoms with Crippen molar-refractivity contribution in [2.24, 2.45) is 5.73 Å². The summed E-state index contributed by atoms with van der Waals surface area (Å²) in [6.45, 7) is 4.07. The van der Waals surface area contributed by atoms with Gasteiger partial charge in [-0.05, 0) is 37.9 Å². The Balaban J connectivity index is 1.84. The van der Waals surface area contributed by atoms with E-state index in [0.29, 0.717) is 12.6 Å². The van der Waals surface area contributed by atoms with Crippen LogP contribution in [0.5, 0.6) is 0 Å². The van der Waals surface area contributed by atoms with E-state index in [1.165, 1.54) is 24.8 Å². The molecule has 112 valence electrons. The van der Waals surface area contributed by atoms with E-state index in [9.17, 15) is 0 Å². The third-order valence-corrected chi connectivity index (χ3v) is 4.53. The number of rotatable bonds is 5. The highest BCUT2D eigenvalue weighted by atomic mass is 15.3. The second-order valence-corrected chi connectivity index (χ2v) is 5.75. The highest BCUT2D eigenvalue weighted by Crippen LogP contribution is 2.30. The fourth-order valence-electron chi connectivity index (χ4n) is 3.40. The summed E-state index contributed by atoms with van der Waals surface area (Å²) in [6, 6.07) is 11.2. The van der Waals surface area contributed by atoms with Gasteiger partial charge in [-0.3, -0.25) is 4.90 Å². The van der Waals surface area contributed by atoms with E-state index in [-0.39, 0.29) is 6.04 Å². The summed E-state index contributed by atoms with van der Waals surface area (Å²) in [5.74, 6) is 0. The Labute approximate surface area is 126 Å². The molecule has 2 atom stereocenters. The molecular formula is C17H24N4. The molecule has 3 rings (SSSR count). The lowest BCUT2D eigenvalue weighted by Gasteiger charge is -2.31. The molecule has 1 aromatic carbocycles. The number of hydrogen-bond acceptors (Lipinski definition) is 3. The predicted octanol–water partition coefficient (Wildman–Crippen LogP) is 2.75. The average molecular weight is 284 g/mol. The molecule has 0 saturated carbocycles. The van der Waals surface area contributed by atoms with Crippen LogP contribution in [0.3, 0.4) is 0 Å². The number of nitrogens with zero attached hydrogens (tertiary/aromatic N) is 3. The van der Waals surface area contributed by atoms with Gasteiger partial charge in [0.1, 0.15) is 0 Å². The lowest BCUT2D eigenvalue weighted by atomic mass is 10.1. The molecule has 2 aromatic rings. The Morgan fingerprint density at radius 1 is 1.33 bits per heavy atom. The summed E-state index contributed by atoms with van der Waals surface area (Å²) in [5.41, 5.74) is 8.39. The van der Waals surface area contributed by atoms with Crippen LogP contribution in [0, 0.1) is 0 Å². The maximum absolute atomic E-state index is 6.07. The molecule has 4 heteroatoms. The molecule has 2 unspecified atom stereocenters. The van der Waals surface area contributed by atoms with Crippen molar-refractivity contribution in [1.29, 1.82) is 0 Å². The van der Waals surface area contributed by atoms with Crippen molar-refractivity contribution in [3.05, 3.63) is 48.3 Å². The van der Waals surface area contributed by atoms with Gasteiger partial charge in [0.25, 0.3) is 0 Å². The first-order chi connectivity index (χ1) is 10.3. The molecule has 2 N–H and O–H groups in total. The number of aromatic nitrogens is 2. The minimum Gasteiger partial charge on any atom is -0.329 e. The van der Waals surface area contributed by atoms with Gasteiger partial charge in [-0.15, -0.1) is 0 Å². The summed E-state index contributed by atoms with van der Waals surface area (Å²) in [6.07, 6.45) is 7.86. The van der Waals surface area contributed by atoms with Gasteiger partial charge in [0, 0.05) is 24.3 Å². The van der Waals surface area contributed by atoms with Crippen molar-refractivity contribution in [3.63, 3.8) is 0 Å². The molecule has 0 radical (unpaired) electrons. The van der Waals surface area contributed by atoms with Gasteiger partial charge in [0.05, 0.1) is 17.9 Å². The van der Waals surface area contributed by atoms with Crippen LogP contribution in [0.4, 0.5) is 0 Å². The molecule has 1 aromatic heterocycles. The number of nitrogens with two attached hydrogens (primary N) is 1. The van der Waals surface area contributed by atoms with Gasteiger partial charge >= 0.3 is 0 Å². The summed E-state index contributed by atoms with van der Waals surface area (Å²) in [7, 11) is 0. The van der Waals surface area contributed by atoms with Gasteiger partial charge in [0.2, 0.25) is 0 Å². The molecule has 0 amide bonds. The van der Waals surface area contributed by atoms with E-state index in [2.05, 4.69) is 35.3 Å². The molecule has 21 heavy (non-hydrogen) atoms. The van der Waals surface area contributed by atoms with Crippen LogP contribution in [-0.2, 0) is 0 Å². The molecule has 0 aliphatic carbocycles. The second kappa shape index (κ2) is 6.41. The van der Waals surface area contributed by atoms with Crippen LogP contribution in [0.25, 0.3) is 5.69 Å². The zero-order valence-electron chi connectivity index (χ0n) is 12.7. The lowest BCUT2D eigenvalue weighted by molar-refractivity contribution is 0.180. The van der Waals surface area contributed by atoms with Crippen molar-refractivity contribution in [2.45, 2.75) is 38.3 Å². The minimum atomic E-state index is 0.287. The third kappa shape index (κ3) is 2.87. The number of benzene rings is 1. The standard InChI is InChI=1S/C17H24N4/c1-2-15-9-6-10-20(15)17(11-18)14-12-19-21(13-14)16-7-4-3-5-8-16/h3-5,7-8,12-13,15,17H,2,6,9-11,18H2,1H3. The monoisotopic (exact) mass is 284 g/mol. The van der Waals surface area contributed by atoms with Crippen LogP contribution in [0.1, 0.15) is 37.8 Å². The lowest BCUT2D eigenvalue weighted by Crippen LogP contribution is -2.37. The molecule has 0 bridgehead atoms. The molecule has 1 fully saturated rings. The van der Waals surface area contributed by atoms with Crippen LogP contribution in [-0.4, -0.2) is 33.8 Å². The quantitative estimate of drug-likeness (QED) is 0.918. The number of likely N-dealkylation sites (tertiary alicyclic amines) is 1. The fourth-order valence-corrected chi connectivity index (χ4v) is 3.40. The summed E-state index contributed by atoms with van der Waals surface area (Å²) >= 11 is 0. The van der Waals surface area contributed by atoms with Crippen LogP contribution in [0.15, 0.2) is 42.7 Å². The minimum absolute atomic E-state index is 0.287. The smallest absolute Gasteiger partial charge is 0.0645 e. The fraction of sp³-hybridized carbons (Fsp3) is 0.471. The van der Waals surface area contributed by atoms with E-state index in [1.54, 1.807) is 0 Å². The molecule has 1 saturated heterocycles. The topological polar surface area (TPSA) is 47.1 Å². The van der Waals surface area contributed by atoms with Gasteiger partial charge in [0.15, 0.2) is 0 Å². The second-order valence-electron chi connectivity index (χ2n) is 5.75. The Morgan fingerprint density at radius 2 is 2.14 bits per heavy atom. The zero-order valence-corrected chi connectivity index (χ0v) is 12.7. The first-order valence-corrected chi connectivity index (χ1v) is 7.89. The van der Waals surface area contributed by atoms with Crippen molar-refractivity contribution in [3.8, 4) is 5.69 Å². The predicted molar refractivity (Wildman–Crippen MR) is 85.4 cm³/mol. The highest BCUT2D eigenvalue weighted by Gasteiger charge is 2.30. The first-order valence-electron chi connectivity index (χ1n) is 7.89. The van der Waals surface area contributed by atoms with Crippen molar-refractivity contribution in [2.75, 3.05) is 13.1 Å². The van der Waals surface area contributed by atoms with E-state index < -0.39 is 0 Å². The van der Waals surface area contributed by atoms with Crippen LogP contribution in [0.2, 0.25) is 0 Å². The van der Waals surface area contributed by atoms with E-state index >= 15 is 0 Å². The molecular weight excluding hydrogens is 260 g/mol. The number of hydrogen-bond donors (Lipinski definition) is 1. The van der Waals surface area contributed by atoms with Gasteiger partial charge < -0.3 is 5.73 Å². The normalized spacial score (nSPS) is 20.8.